The summed E-state index contributed by atoms with van der Waals surface area (Å²) in [6, 6.07) is 3.30. The van der Waals surface area contributed by atoms with Gasteiger partial charge in [-0.3, -0.25) is 0 Å². The Bertz CT molecular complexity index is 470. The molecule has 1 aromatic carbocycles. The third-order valence-electron chi connectivity index (χ3n) is 2.72. The highest BCUT2D eigenvalue weighted by molar-refractivity contribution is 7.83. The number of hydrogen-bond donors (Lipinski definition) is 1. The molecular weight excluding hydrogens is 283 g/mol. The largest absolute Gasteiger partial charge is 0.416 e. The van der Waals surface area contributed by atoms with Crippen molar-refractivity contribution in [2.24, 2.45) is 0 Å². The molecule has 1 saturated heterocycles. The molecule has 1 aliphatic heterocycles. The topological polar surface area (TPSA) is 20.3 Å². The molecule has 0 N–H and O–H groups in total. The number of nitrogens with zero attached hydrogens (tertiary/aromatic N) is 1. The van der Waals surface area contributed by atoms with Crippen LogP contribution in [-0.4, -0.2) is 21.6 Å². The molecule has 7 heteroatoms. The average molecular weight is 295 g/mol. The van der Waals surface area contributed by atoms with Gasteiger partial charge in [0, 0.05) is 18.0 Å². The Kier molecular flexibility index (Phi) is 4.03. The normalized spacial score (nSPS) is 19.1. The van der Waals surface area contributed by atoms with Crippen molar-refractivity contribution in [3.8, 4) is 0 Å². The molecule has 0 saturated carbocycles. The first kappa shape index (κ1) is 13.9. The number of halogens is 3. The molecule has 2 nitrogen and oxygen atoms in total. The second-order valence-corrected chi connectivity index (χ2v) is 6.10. The van der Waals surface area contributed by atoms with E-state index in [4.69, 9.17) is 0 Å². The van der Waals surface area contributed by atoms with Crippen molar-refractivity contribution in [1.29, 1.82) is 0 Å². The van der Waals surface area contributed by atoms with Crippen molar-refractivity contribution >= 4 is 23.6 Å². The van der Waals surface area contributed by atoms with E-state index in [0.717, 1.165) is 25.0 Å². The van der Waals surface area contributed by atoms with E-state index in [-0.39, 0.29) is 9.79 Å². The summed E-state index contributed by atoms with van der Waals surface area (Å²) in [5.74, 6) is 0. The van der Waals surface area contributed by atoms with Crippen LogP contribution in [0.1, 0.15) is 18.4 Å². The smallest absolute Gasteiger partial charge is 0.237 e. The fourth-order valence-electron chi connectivity index (χ4n) is 1.85. The van der Waals surface area contributed by atoms with Crippen LogP contribution in [0, 0.1) is 0 Å². The molecule has 0 radical (unpaired) electrons. The summed E-state index contributed by atoms with van der Waals surface area (Å²) in [5, 5.41) is 0. The van der Waals surface area contributed by atoms with Gasteiger partial charge in [0.1, 0.15) is 11.0 Å². The molecule has 18 heavy (non-hydrogen) atoms. The predicted molar refractivity (Wildman–Crippen MR) is 65.9 cm³/mol. The summed E-state index contributed by atoms with van der Waals surface area (Å²) < 4.78 is 51.7. The van der Waals surface area contributed by atoms with E-state index in [1.807, 2.05) is 0 Å². The van der Waals surface area contributed by atoms with Gasteiger partial charge < -0.3 is 0 Å². The van der Waals surface area contributed by atoms with E-state index in [2.05, 4.69) is 12.6 Å². The van der Waals surface area contributed by atoms with Gasteiger partial charge in [-0.1, -0.05) is 0 Å². The van der Waals surface area contributed by atoms with Gasteiger partial charge in [-0.25, -0.2) is 8.51 Å². The Morgan fingerprint density at radius 1 is 1.17 bits per heavy atom. The molecule has 0 aromatic heterocycles. The zero-order valence-electron chi connectivity index (χ0n) is 9.41. The zero-order valence-corrected chi connectivity index (χ0v) is 11.1. The Hall–Kier alpha value is -0.530. The van der Waals surface area contributed by atoms with Gasteiger partial charge >= 0.3 is 6.18 Å². The summed E-state index contributed by atoms with van der Waals surface area (Å²) in [6.45, 7) is 1.32. The highest BCUT2D eigenvalue weighted by Gasteiger charge is 2.32. The molecule has 0 spiro atoms. The Balaban J connectivity index is 2.33. The average Bonchev–Trinajstić information content (AvgIpc) is 2.79. The van der Waals surface area contributed by atoms with Gasteiger partial charge in [-0.2, -0.15) is 13.2 Å². The van der Waals surface area contributed by atoms with Crippen LogP contribution in [0.5, 0.6) is 0 Å². The third kappa shape index (κ3) is 3.07. The number of alkyl halides is 3. The Labute approximate surface area is 111 Å². The second kappa shape index (κ2) is 5.22. The van der Waals surface area contributed by atoms with Crippen molar-refractivity contribution in [2.45, 2.75) is 28.8 Å². The van der Waals surface area contributed by atoms with Crippen molar-refractivity contribution < 1.29 is 17.4 Å². The standard InChI is InChI=1S/C11H12F3NOS2/c12-11(13,14)8-5-9(17)7-10(6-8)18(16)15-3-1-2-4-15/h5-7,17H,1-4H2. The molecule has 1 aliphatic rings. The van der Waals surface area contributed by atoms with Gasteiger partial charge in [0.15, 0.2) is 0 Å². The molecule has 1 fully saturated rings. The van der Waals surface area contributed by atoms with Crippen LogP contribution >= 0.6 is 12.6 Å². The summed E-state index contributed by atoms with van der Waals surface area (Å²) in [4.78, 5) is 0.337. The van der Waals surface area contributed by atoms with Crippen LogP contribution in [0.25, 0.3) is 0 Å². The van der Waals surface area contributed by atoms with E-state index in [1.165, 1.54) is 6.07 Å². The lowest BCUT2D eigenvalue weighted by Gasteiger charge is -2.15. The van der Waals surface area contributed by atoms with Crippen LogP contribution in [0.4, 0.5) is 13.2 Å². The molecular formula is C11H12F3NOS2. The minimum atomic E-state index is -4.44. The molecule has 1 heterocycles. The number of hydrogen-bond acceptors (Lipinski definition) is 2. The summed E-state index contributed by atoms with van der Waals surface area (Å²) in [7, 11) is -1.53. The van der Waals surface area contributed by atoms with E-state index < -0.39 is 22.7 Å². The van der Waals surface area contributed by atoms with E-state index in [0.29, 0.717) is 13.1 Å². The fourth-order valence-corrected chi connectivity index (χ4v) is 3.56. The minimum Gasteiger partial charge on any atom is -0.237 e. The molecule has 1 atom stereocenters. The van der Waals surface area contributed by atoms with Crippen molar-refractivity contribution in [1.82, 2.24) is 4.31 Å². The van der Waals surface area contributed by atoms with Gasteiger partial charge in [0.2, 0.25) is 0 Å². The van der Waals surface area contributed by atoms with E-state index in [1.54, 1.807) is 4.31 Å². The van der Waals surface area contributed by atoms with Crippen LogP contribution in [0.2, 0.25) is 0 Å². The monoisotopic (exact) mass is 295 g/mol. The van der Waals surface area contributed by atoms with Crippen molar-refractivity contribution in [3.63, 3.8) is 0 Å². The van der Waals surface area contributed by atoms with Crippen molar-refractivity contribution in [2.75, 3.05) is 13.1 Å². The van der Waals surface area contributed by atoms with Gasteiger partial charge in [0.05, 0.1) is 10.5 Å². The fraction of sp³-hybridized carbons (Fsp3) is 0.455. The van der Waals surface area contributed by atoms with Gasteiger partial charge in [0.25, 0.3) is 0 Å². The van der Waals surface area contributed by atoms with Gasteiger partial charge in [-0.15, -0.1) is 12.6 Å². The molecule has 0 amide bonds. The molecule has 1 aromatic rings. The van der Waals surface area contributed by atoms with Crippen LogP contribution in [0.3, 0.4) is 0 Å². The lowest BCUT2D eigenvalue weighted by Crippen LogP contribution is -2.22. The summed E-state index contributed by atoms with van der Waals surface area (Å²) in [5.41, 5.74) is -0.808. The Morgan fingerprint density at radius 2 is 1.78 bits per heavy atom. The number of rotatable bonds is 2. The highest BCUT2D eigenvalue weighted by atomic mass is 32.2. The first-order valence-electron chi connectivity index (χ1n) is 5.46. The number of benzene rings is 1. The van der Waals surface area contributed by atoms with Crippen LogP contribution < -0.4 is 0 Å². The highest BCUT2D eigenvalue weighted by Crippen LogP contribution is 2.32. The Morgan fingerprint density at radius 3 is 2.33 bits per heavy atom. The third-order valence-corrected chi connectivity index (χ3v) is 4.45. The van der Waals surface area contributed by atoms with Crippen molar-refractivity contribution in [3.05, 3.63) is 23.8 Å². The molecule has 2 rings (SSSR count). The van der Waals surface area contributed by atoms with E-state index >= 15 is 0 Å². The maximum Gasteiger partial charge on any atom is 0.416 e. The molecule has 100 valence electrons. The lowest BCUT2D eigenvalue weighted by molar-refractivity contribution is -0.137. The second-order valence-electron chi connectivity index (χ2n) is 4.10. The SMILES string of the molecule is O=S(c1cc(S)cc(C(F)(F)F)c1)N1CCCC1. The first-order valence-corrected chi connectivity index (χ1v) is 7.01. The lowest BCUT2D eigenvalue weighted by atomic mass is 10.2. The van der Waals surface area contributed by atoms with E-state index in [9.17, 15) is 17.4 Å². The quantitative estimate of drug-likeness (QED) is 0.831. The summed E-state index contributed by atoms with van der Waals surface area (Å²) in [6.07, 6.45) is -2.58. The zero-order chi connectivity index (χ0) is 13.3. The maximum absolute atomic E-state index is 12.6. The molecule has 0 aliphatic carbocycles. The minimum absolute atomic E-state index is 0.164. The maximum atomic E-state index is 12.6. The number of thiol groups is 1. The molecule has 1 unspecified atom stereocenters. The first-order chi connectivity index (χ1) is 8.38. The van der Waals surface area contributed by atoms with Crippen LogP contribution in [-0.2, 0) is 17.2 Å². The predicted octanol–water partition coefficient (Wildman–Crippen LogP) is 3.11. The van der Waals surface area contributed by atoms with Crippen LogP contribution in [0.15, 0.2) is 28.0 Å². The van der Waals surface area contributed by atoms with Gasteiger partial charge in [-0.05, 0) is 31.0 Å². The molecule has 0 bridgehead atoms. The summed E-state index contributed by atoms with van der Waals surface area (Å²) >= 11 is 3.94.